The van der Waals surface area contributed by atoms with Crippen LogP contribution >= 0.6 is 0 Å². The molecule has 2 heterocycles. The molecule has 0 bridgehead atoms. The third-order valence-electron chi connectivity index (χ3n) is 3.81. The molecule has 1 aromatic carbocycles. The number of anilines is 2. The Hall–Kier alpha value is -1.75. The van der Waals surface area contributed by atoms with E-state index < -0.39 is 0 Å². The van der Waals surface area contributed by atoms with Gasteiger partial charge in [0.25, 0.3) is 6.01 Å². The number of nitrogen functional groups attached to an aromatic ring is 1. The first-order valence-corrected chi connectivity index (χ1v) is 6.06. The second kappa shape index (κ2) is 3.62. The van der Waals surface area contributed by atoms with E-state index >= 15 is 0 Å². The molecule has 3 rings (SSSR count). The van der Waals surface area contributed by atoms with E-state index in [1.54, 1.807) is 0 Å². The fourth-order valence-electron chi connectivity index (χ4n) is 2.26. The monoisotopic (exact) mass is 246 g/mol. The van der Waals surface area contributed by atoms with E-state index in [9.17, 15) is 0 Å². The van der Waals surface area contributed by atoms with Crippen LogP contribution in [0.1, 0.15) is 6.92 Å². The smallest absolute Gasteiger partial charge is 0.298 e. The fourth-order valence-corrected chi connectivity index (χ4v) is 2.26. The lowest BCUT2D eigenvalue weighted by molar-refractivity contribution is 0.128. The first kappa shape index (κ1) is 11.3. The number of rotatable bonds is 2. The molecule has 0 amide bonds. The largest absolute Gasteiger partial charge is 0.423 e. The van der Waals surface area contributed by atoms with Crippen molar-refractivity contribution in [2.75, 3.05) is 37.8 Å². The van der Waals surface area contributed by atoms with Gasteiger partial charge in [0.1, 0.15) is 5.52 Å². The van der Waals surface area contributed by atoms with Crippen molar-refractivity contribution in [3.63, 3.8) is 0 Å². The number of hydrogen-bond acceptors (Lipinski definition) is 5. The molecule has 18 heavy (non-hydrogen) atoms. The molecule has 2 aromatic rings. The molecule has 0 saturated carbocycles. The first-order valence-electron chi connectivity index (χ1n) is 6.06. The summed E-state index contributed by atoms with van der Waals surface area (Å²) in [6, 6.07) is 6.23. The molecule has 96 valence electrons. The molecule has 2 N–H and O–H groups in total. The van der Waals surface area contributed by atoms with E-state index in [4.69, 9.17) is 10.2 Å². The molecule has 0 aliphatic carbocycles. The van der Waals surface area contributed by atoms with E-state index in [0.29, 0.717) is 11.7 Å². The van der Waals surface area contributed by atoms with Crippen LogP contribution in [0, 0.1) is 0 Å². The minimum atomic E-state index is 0.208. The lowest BCUT2D eigenvalue weighted by atomic mass is 9.91. The van der Waals surface area contributed by atoms with E-state index in [2.05, 4.69) is 35.8 Å². The standard InChI is InChI=1S/C13H18N4O/c1-13(16(2)3)7-17(8-13)12-15-10-6-9(14)4-5-11(10)18-12/h4-6H,7-8,14H2,1-3H3. The number of fused-ring (bicyclic) bond motifs is 1. The van der Waals surface area contributed by atoms with Crippen LogP contribution in [-0.2, 0) is 0 Å². The summed E-state index contributed by atoms with van der Waals surface area (Å²) in [5, 5.41) is 0. The van der Waals surface area contributed by atoms with E-state index in [1.807, 2.05) is 18.2 Å². The summed E-state index contributed by atoms with van der Waals surface area (Å²) < 4.78 is 5.74. The van der Waals surface area contributed by atoms with Crippen LogP contribution in [-0.4, -0.2) is 42.6 Å². The van der Waals surface area contributed by atoms with Crippen LogP contribution in [0.5, 0.6) is 0 Å². The van der Waals surface area contributed by atoms with Gasteiger partial charge in [0.05, 0.1) is 5.54 Å². The Balaban J connectivity index is 1.85. The Morgan fingerprint density at radius 1 is 1.39 bits per heavy atom. The number of oxazole rings is 1. The number of aromatic nitrogens is 1. The zero-order chi connectivity index (χ0) is 12.9. The second-order valence-electron chi connectivity index (χ2n) is 5.47. The molecular weight excluding hydrogens is 228 g/mol. The van der Waals surface area contributed by atoms with E-state index in [0.717, 1.165) is 24.2 Å². The van der Waals surface area contributed by atoms with Gasteiger partial charge < -0.3 is 20.0 Å². The predicted molar refractivity (Wildman–Crippen MR) is 72.7 cm³/mol. The maximum absolute atomic E-state index is 5.74. The van der Waals surface area contributed by atoms with Crippen LogP contribution in [0.25, 0.3) is 11.1 Å². The molecule has 1 aliphatic heterocycles. The molecule has 5 heteroatoms. The number of nitrogens with two attached hydrogens (primary N) is 1. The molecule has 1 aromatic heterocycles. The maximum Gasteiger partial charge on any atom is 0.298 e. The summed E-state index contributed by atoms with van der Waals surface area (Å²) in [4.78, 5) is 8.87. The topological polar surface area (TPSA) is 58.5 Å². The van der Waals surface area contributed by atoms with Gasteiger partial charge in [0, 0.05) is 18.8 Å². The summed E-state index contributed by atoms with van der Waals surface area (Å²) >= 11 is 0. The van der Waals surface area contributed by atoms with Gasteiger partial charge in [-0.2, -0.15) is 4.98 Å². The van der Waals surface area contributed by atoms with Crippen LogP contribution in [0.15, 0.2) is 22.6 Å². The van der Waals surface area contributed by atoms with Crippen molar-refractivity contribution in [3.8, 4) is 0 Å². The Morgan fingerprint density at radius 2 is 2.11 bits per heavy atom. The Kier molecular flexibility index (Phi) is 2.28. The minimum Gasteiger partial charge on any atom is -0.423 e. The van der Waals surface area contributed by atoms with Crippen molar-refractivity contribution in [2.24, 2.45) is 0 Å². The van der Waals surface area contributed by atoms with Crippen molar-refractivity contribution in [3.05, 3.63) is 18.2 Å². The van der Waals surface area contributed by atoms with Gasteiger partial charge in [-0.25, -0.2) is 0 Å². The molecule has 0 unspecified atom stereocenters. The lowest BCUT2D eigenvalue weighted by Gasteiger charge is -2.51. The summed E-state index contributed by atoms with van der Waals surface area (Å²) in [5.41, 5.74) is 8.27. The quantitative estimate of drug-likeness (QED) is 0.815. The average Bonchev–Trinajstić information content (AvgIpc) is 2.66. The molecule has 5 nitrogen and oxygen atoms in total. The van der Waals surface area contributed by atoms with Crippen LogP contribution in [0.4, 0.5) is 11.7 Å². The Morgan fingerprint density at radius 3 is 2.78 bits per heavy atom. The highest BCUT2D eigenvalue weighted by atomic mass is 16.4. The van der Waals surface area contributed by atoms with E-state index in [1.165, 1.54) is 0 Å². The normalized spacial score (nSPS) is 18.3. The van der Waals surface area contributed by atoms with Crippen molar-refractivity contribution in [1.29, 1.82) is 0 Å². The summed E-state index contributed by atoms with van der Waals surface area (Å²) in [5.74, 6) is 0. The van der Waals surface area contributed by atoms with Crippen LogP contribution in [0.2, 0.25) is 0 Å². The third kappa shape index (κ3) is 1.62. The fraction of sp³-hybridized carbons (Fsp3) is 0.462. The molecule has 0 atom stereocenters. The van der Waals surface area contributed by atoms with Gasteiger partial charge in [0.2, 0.25) is 0 Å². The molecule has 1 saturated heterocycles. The molecule has 0 radical (unpaired) electrons. The highest BCUT2D eigenvalue weighted by Gasteiger charge is 2.42. The number of nitrogens with zero attached hydrogens (tertiary/aromatic N) is 3. The number of hydrogen-bond donors (Lipinski definition) is 1. The third-order valence-corrected chi connectivity index (χ3v) is 3.81. The average molecular weight is 246 g/mol. The minimum absolute atomic E-state index is 0.208. The van der Waals surface area contributed by atoms with Crippen molar-refractivity contribution in [2.45, 2.75) is 12.5 Å². The van der Waals surface area contributed by atoms with Gasteiger partial charge in [-0.15, -0.1) is 0 Å². The second-order valence-corrected chi connectivity index (χ2v) is 5.47. The van der Waals surface area contributed by atoms with Gasteiger partial charge in [-0.05, 0) is 39.2 Å². The maximum atomic E-state index is 5.74. The molecule has 0 spiro atoms. The lowest BCUT2D eigenvalue weighted by Crippen LogP contribution is -2.67. The molecule has 1 fully saturated rings. The Labute approximate surface area is 106 Å². The van der Waals surface area contributed by atoms with Crippen molar-refractivity contribution >= 4 is 22.8 Å². The zero-order valence-electron chi connectivity index (χ0n) is 11.0. The van der Waals surface area contributed by atoms with Crippen molar-refractivity contribution < 1.29 is 4.42 Å². The Bertz CT molecular complexity index is 584. The molecular formula is C13H18N4O. The van der Waals surface area contributed by atoms with Gasteiger partial charge in [-0.3, -0.25) is 0 Å². The highest BCUT2D eigenvalue weighted by Crippen LogP contribution is 2.32. The van der Waals surface area contributed by atoms with Crippen LogP contribution < -0.4 is 10.6 Å². The first-order chi connectivity index (χ1) is 8.48. The summed E-state index contributed by atoms with van der Waals surface area (Å²) in [7, 11) is 4.20. The number of benzene rings is 1. The van der Waals surface area contributed by atoms with Crippen molar-refractivity contribution in [1.82, 2.24) is 9.88 Å². The molecule has 1 aliphatic rings. The zero-order valence-corrected chi connectivity index (χ0v) is 11.0. The van der Waals surface area contributed by atoms with Gasteiger partial charge >= 0.3 is 0 Å². The van der Waals surface area contributed by atoms with Gasteiger partial charge in [0.15, 0.2) is 5.58 Å². The summed E-state index contributed by atoms with van der Waals surface area (Å²) in [6.45, 7) is 4.11. The van der Waals surface area contributed by atoms with Gasteiger partial charge in [-0.1, -0.05) is 0 Å². The van der Waals surface area contributed by atoms with E-state index in [-0.39, 0.29) is 5.54 Å². The van der Waals surface area contributed by atoms with Crippen LogP contribution in [0.3, 0.4) is 0 Å². The summed E-state index contributed by atoms with van der Waals surface area (Å²) in [6.07, 6.45) is 0. The SMILES string of the molecule is CN(C)C1(C)CN(c2nc3cc(N)ccc3o2)C1. The highest BCUT2D eigenvalue weighted by molar-refractivity contribution is 5.78. The number of likely N-dealkylation sites (N-methyl/N-ethyl adjacent to an activating group) is 1. The predicted octanol–water partition coefficient (Wildman–Crippen LogP) is 1.55.